The number of ether oxygens (including phenoxy) is 1. The van der Waals surface area contributed by atoms with E-state index in [1.54, 1.807) is 7.11 Å². The predicted octanol–water partition coefficient (Wildman–Crippen LogP) is 14.0. The fourth-order valence-electron chi connectivity index (χ4n) is 11.1. The molecule has 15 aromatic rings. The molecule has 0 atom stereocenters. The summed E-state index contributed by atoms with van der Waals surface area (Å²) in [6.45, 7) is 0. The Hall–Kier alpha value is -9.94. The van der Waals surface area contributed by atoms with Crippen LogP contribution in [0.3, 0.4) is 0 Å². The molecule has 0 aliphatic carbocycles. The van der Waals surface area contributed by atoms with Crippen LogP contribution < -0.4 is 4.74 Å². The molecule has 80 heavy (non-hydrogen) atoms. The summed E-state index contributed by atoms with van der Waals surface area (Å²) in [4.78, 5) is 38.1. The molecule has 0 amide bonds. The first-order valence-corrected chi connectivity index (χ1v) is 27.2. The molecule has 0 fully saturated rings. The minimum atomic E-state index is 0.805. The lowest BCUT2D eigenvalue weighted by Gasteiger charge is -2.07. The Bertz CT molecular complexity index is 4710. The number of methoxy groups -OCH3 is 1. The number of imidazole rings is 3. The second-order valence-electron chi connectivity index (χ2n) is 20.3. The summed E-state index contributed by atoms with van der Waals surface area (Å²) >= 11 is 0. The van der Waals surface area contributed by atoms with Crippen LogP contribution in [-0.4, -0.2) is 60.7 Å². The van der Waals surface area contributed by atoms with Gasteiger partial charge in [-0.25, -0.2) is 19.9 Å². The Kier molecular flexibility index (Phi) is 13.3. The summed E-state index contributed by atoms with van der Waals surface area (Å²) in [5, 5.41) is 8.20. The Labute approximate surface area is 462 Å². The van der Waals surface area contributed by atoms with E-state index in [4.69, 9.17) is 34.6 Å². The first-order valence-electron chi connectivity index (χ1n) is 27.2. The number of fused-ring (bicyclic) bond motifs is 12. The Morgan fingerprint density at radius 1 is 0.325 bits per heavy atom. The summed E-state index contributed by atoms with van der Waals surface area (Å²) in [5.74, 6) is 4.01. The van der Waals surface area contributed by atoms with Gasteiger partial charge in [0, 0.05) is 102 Å². The van der Waals surface area contributed by atoms with Crippen molar-refractivity contribution >= 4 is 98.4 Å². The van der Waals surface area contributed by atoms with Gasteiger partial charge in [-0.3, -0.25) is 19.9 Å². The van der Waals surface area contributed by atoms with Gasteiger partial charge in [0.15, 0.2) is 0 Å². The SMILES string of the molecule is COc1cccc2ccc(CCc3nc4c5ncccc5ccc4n3C)nc12.Cn1c(CCc2ccc3ccccc3n2)nc2c3ncccc3ccc21.Cn1c(CCc2ccc3ccccc3n2)nc2ccc3ccccc3c21. The van der Waals surface area contributed by atoms with Crippen molar-refractivity contribution in [2.24, 2.45) is 21.1 Å². The fourth-order valence-corrected chi connectivity index (χ4v) is 11.1. The van der Waals surface area contributed by atoms with Gasteiger partial charge < -0.3 is 18.4 Å². The quantitative estimate of drug-likeness (QED) is 0.132. The van der Waals surface area contributed by atoms with Gasteiger partial charge in [0.1, 0.15) is 39.8 Å². The molecule has 0 aliphatic rings. The second-order valence-corrected chi connectivity index (χ2v) is 20.3. The average Bonchev–Trinajstić information content (AvgIpc) is 4.17. The smallest absolute Gasteiger partial charge is 0.145 e. The van der Waals surface area contributed by atoms with Gasteiger partial charge in [0.25, 0.3) is 0 Å². The van der Waals surface area contributed by atoms with Gasteiger partial charge in [0.05, 0.1) is 51.2 Å². The molecule has 0 saturated heterocycles. The maximum Gasteiger partial charge on any atom is 0.145 e. The zero-order valence-electron chi connectivity index (χ0n) is 45.1. The van der Waals surface area contributed by atoms with Gasteiger partial charge in [-0.05, 0) is 91.4 Å². The molecule has 0 radical (unpaired) electrons. The predicted molar refractivity (Wildman–Crippen MR) is 324 cm³/mol. The molecule has 0 N–H and O–H groups in total. The largest absolute Gasteiger partial charge is 0.494 e. The normalized spacial score (nSPS) is 11.6. The number of rotatable bonds is 10. The highest BCUT2D eigenvalue weighted by Gasteiger charge is 2.16. The second kappa shape index (κ2) is 21.5. The number of nitrogens with zero attached hydrogens (tertiary/aromatic N) is 11. The third-order valence-corrected chi connectivity index (χ3v) is 15.4. The lowest BCUT2D eigenvalue weighted by molar-refractivity contribution is 0.419. The summed E-state index contributed by atoms with van der Waals surface area (Å²) < 4.78 is 12.0. The first kappa shape index (κ1) is 49.6. The van der Waals surface area contributed by atoms with Gasteiger partial charge in [-0.15, -0.1) is 0 Å². The van der Waals surface area contributed by atoms with E-state index >= 15 is 0 Å². The van der Waals surface area contributed by atoms with E-state index in [1.807, 2.05) is 60.9 Å². The van der Waals surface area contributed by atoms with Crippen LogP contribution in [-0.2, 0) is 59.7 Å². The van der Waals surface area contributed by atoms with Crippen LogP contribution in [0.2, 0.25) is 0 Å². The lowest BCUT2D eigenvalue weighted by Crippen LogP contribution is -2.02. The van der Waals surface area contributed by atoms with Gasteiger partial charge >= 0.3 is 0 Å². The Balaban J connectivity index is 0.000000113. The number of benzene rings is 7. The van der Waals surface area contributed by atoms with Gasteiger partial charge in [-0.1, -0.05) is 121 Å². The van der Waals surface area contributed by atoms with Crippen LogP contribution in [0.25, 0.3) is 98.4 Å². The number of hydrogen-bond acceptors (Lipinski definition) is 9. The molecule has 0 spiro atoms. The van der Waals surface area contributed by atoms with Crippen molar-refractivity contribution in [2.45, 2.75) is 38.5 Å². The topological polar surface area (TPSA) is 127 Å². The molecule has 0 bridgehead atoms. The summed E-state index contributed by atoms with van der Waals surface area (Å²) in [7, 11) is 7.94. The van der Waals surface area contributed by atoms with E-state index in [2.05, 4.69) is 184 Å². The van der Waals surface area contributed by atoms with Crippen LogP contribution in [0.5, 0.6) is 5.75 Å². The van der Waals surface area contributed by atoms with E-state index in [0.717, 1.165) is 150 Å². The van der Waals surface area contributed by atoms with Crippen LogP contribution in [0.1, 0.15) is 34.6 Å². The highest BCUT2D eigenvalue weighted by Crippen LogP contribution is 2.29. The molecule has 15 rings (SSSR count). The van der Waals surface area contributed by atoms with E-state index < -0.39 is 0 Å². The van der Waals surface area contributed by atoms with E-state index in [0.29, 0.717) is 0 Å². The van der Waals surface area contributed by atoms with E-state index in [9.17, 15) is 0 Å². The molecular formula is C68H57N11O. The number of hydrogen-bond donors (Lipinski definition) is 0. The highest BCUT2D eigenvalue weighted by atomic mass is 16.5. The molecule has 0 unspecified atom stereocenters. The summed E-state index contributed by atoms with van der Waals surface area (Å²) in [5.41, 5.74) is 14.6. The Morgan fingerprint density at radius 3 is 1.35 bits per heavy atom. The third-order valence-electron chi connectivity index (χ3n) is 15.4. The number of aryl methyl sites for hydroxylation is 9. The molecule has 0 saturated carbocycles. The maximum atomic E-state index is 5.46. The van der Waals surface area contributed by atoms with Crippen molar-refractivity contribution in [1.29, 1.82) is 0 Å². The van der Waals surface area contributed by atoms with E-state index in [1.165, 1.54) is 27.1 Å². The molecule has 7 aromatic carbocycles. The van der Waals surface area contributed by atoms with E-state index in [-0.39, 0.29) is 0 Å². The van der Waals surface area contributed by atoms with Crippen LogP contribution in [0.15, 0.2) is 200 Å². The van der Waals surface area contributed by atoms with Crippen LogP contribution >= 0.6 is 0 Å². The van der Waals surface area contributed by atoms with Crippen molar-refractivity contribution in [3.63, 3.8) is 0 Å². The molecule has 0 aliphatic heterocycles. The standard InChI is InChI=1S/C23H20N4O.C23H19N3.C22H18N4/c1-27-18-12-9-16-6-4-14-24-22(16)23(18)26-20(27)13-11-17-10-8-15-5-3-7-19(28-2)21(15)25-17;1-26-22(15-13-18-12-10-17-7-3-5-9-20(17)24-18)25-21-14-11-16-6-2-4-8-19(16)23(21)26;1-26-19-12-9-16-6-4-14-23-21(16)22(19)25-20(26)13-11-17-10-8-15-5-2-3-7-18(15)24-17/h3-10,12,14H,11,13H2,1-2H3;2-12,14H,13,15H2,1H3;2-10,12,14H,11,13H2,1H3. The van der Waals surface area contributed by atoms with Crippen molar-refractivity contribution in [3.8, 4) is 5.75 Å². The molecule has 8 heterocycles. The number of pyridine rings is 5. The minimum Gasteiger partial charge on any atom is -0.494 e. The highest BCUT2D eigenvalue weighted by molar-refractivity contribution is 6.05. The average molecular weight is 1040 g/mol. The number of aromatic nitrogens is 11. The van der Waals surface area contributed by atoms with Crippen molar-refractivity contribution in [3.05, 3.63) is 235 Å². The third kappa shape index (κ3) is 9.65. The molecule has 8 aromatic heterocycles. The van der Waals surface area contributed by atoms with Crippen molar-refractivity contribution < 1.29 is 4.74 Å². The Morgan fingerprint density at radius 2 is 0.775 bits per heavy atom. The lowest BCUT2D eigenvalue weighted by atomic mass is 10.1. The van der Waals surface area contributed by atoms with Crippen LogP contribution in [0, 0.1) is 0 Å². The summed E-state index contributed by atoms with van der Waals surface area (Å²) in [6.07, 6.45) is 8.77. The molecule has 12 heteroatoms. The van der Waals surface area contributed by atoms with Gasteiger partial charge in [0.2, 0.25) is 0 Å². The molecule has 12 nitrogen and oxygen atoms in total. The number of para-hydroxylation sites is 3. The molecular weight excluding hydrogens is 987 g/mol. The zero-order chi connectivity index (χ0) is 54.1. The van der Waals surface area contributed by atoms with Crippen molar-refractivity contribution in [1.82, 2.24) is 53.6 Å². The van der Waals surface area contributed by atoms with Gasteiger partial charge in [-0.2, -0.15) is 0 Å². The summed E-state index contributed by atoms with van der Waals surface area (Å²) in [6, 6.07) is 64.5. The monoisotopic (exact) mass is 1040 g/mol. The minimum absolute atomic E-state index is 0.805. The van der Waals surface area contributed by atoms with Crippen LogP contribution in [0.4, 0.5) is 0 Å². The first-order chi connectivity index (χ1) is 39.3. The molecule has 390 valence electrons. The zero-order valence-corrected chi connectivity index (χ0v) is 45.1. The van der Waals surface area contributed by atoms with Crippen molar-refractivity contribution in [2.75, 3.05) is 7.11 Å². The maximum absolute atomic E-state index is 5.46. The fraction of sp³-hybridized carbons (Fsp3) is 0.147.